The van der Waals surface area contributed by atoms with Gasteiger partial charge in [-0.3, -0.25) is 19.6 Å². The Morgan fingerprint density at radius 3 is 2.96 bits per heavy atom. The standard InChI is InChI=1S/C19H24ClN5O3/c1-14-3-2-7-23(12-14)18-5-4-15(9-17(18)20)10-21-19(26)6-8-24-13-16(11-22-24)25(27)28/h4-5,9,11,13-14H,2-3,6-8,10,12H2,1H3,(H,21,26). The van der Waals surface area contributed by atoms with Crippen LogP contribution in [0.1, 0.15) is 31.7 Å². The van der Waals surface area contributed by atoms with Crippen LogP contribution in [-0.2, 0) is 17.9 Å². The molecular weight excluding hydrogens is 382 g/mol. The van der Waals surface area contributed by atoms with E-state index in [0.29, 0.717) is 17.5 Å². The minimum absolute atomic E-state index is 0.0850. The molecule has 2 aromatic rings. The van der Waals surface area contributed by atoms with Crippen molar-refractivity contribution in [2.75, 3.05) is 18.0 Å². The number of amides is 1. The first-order chi connectivity index (χ1) is 13.4. The average Bonchev–Trinajstić information content (AvgIpc) is 3.14. The molecule has 1 amide bonds. The summed E-state index contributed by atoms with van der Waals surface area (Å²) in [7, 11) is 0. The molecule has 0 aliphatic carbocycles. The fourth-order valence-electron chi connectivity index (χ4n) is 3.40. The van der Waals surface area contributed by atoms with Crippen molar-refractivity contribution in [3.63, 3.8) is 0 Å². The molecule has 0 bridgehead atoms. The summed E-state index contributed by atoms with van der Waals surface area (Å²) in [5.74, 6) is 0.517. The molecule has 28 heavy (non-hydrogen) atoms. The molecule has 2 heterocycles. The smallest absolute Gasteiger partial charge is 0.306 e. The highest BCUT2D eigenvalue weighted by atomic mass is 35.5. The molecular formula is C19H24ClN5O3. The maximum absolute atomic E-state index is 12.0. The Labute approximate surface area is 168 Å². The molecule has 9 heteroatoms. The first kappa shape index (κ1) is 20.1. The summed E-state index contributed by atoms with van der Waals surface area (Å²) in [4.78, 5) is 24.5. The summed E-state index contributed by atoms with van der Waals surface area (Å²) in [5.41, 5.74) is 1.89. The molecule has 0 radical (unpaired) electrons. The van der Waals surface area contributed by atoms with Gasteiger partial charge in [-0.25, -0.2) is 0 Å². The van der Waals surface area contributed by atoms with Gasteiger partial charge in [0.15, 0.2) is 0 Å². The van der Waals surface area contributed by atoms with Crippen LogP contribution in [0.2, 0.25) is 5.02 Å². The van der Waals surface area contributed by atoms with Crippen molar-refractivity contribution in [3.8, 4) is 0 Å². The lowest BCUT2D eigenvalue weighted by atomic mass is 9.99. The lowest BCUT2D eigenvalue weighted by Gasteiger charge is -2.33. The molecule has 0 spiro atoms. The highest BCUT2D eigenvalue weighted by Gasteiger charge is 2.18. The molecule has 150 valence electrons. The fraction of sp³-hybridized carbons (Fsp3) is 0.474. The highest BCUT2D eigenvalue weighted by molar-refractivity contribution is 6.33. The number of hydrogen-bond acceptors (Lipinski definition) is 5. The first-order valence-electron chi connectivity index (χ1n) is 9.39. The van der Waals surface area contributed by atoms with Crippen molar-refractivity contribution >= 4 is 28.9 Å². The monoisotopic (exact) mass is 405 g/mol. The Hall–Kier alpha value is -2.61. The van der Waals surface area contributed by atoms with E-state index >= 15 is 0 Å². The normalized spacial score (nSPS) is 16.8. The van der Waals surface area contributed by atoms with Gasteiger partial charge in [-0.05, 0) is 36.5 Å². The number of hydrogen-bond donors (Lipinski definition) is 1. The zero-order chi connectivity index (χ0) is 20.1. The Morgan fingerprint density at radius 1 is 1.46 bits per heavy atom. The largest absolute Gasteiger partial charge is 0.370 e. The van der Waals surface area contributed by atoms with Crippen molar-refractivity contribution in [3.05, 3.63) is 51.3 Å². The Kier molecular flexibility index (Phi) is 6.51. The van der Waals surface area contributed by atoms with Crippen molar-refractivity contribution in [2.24, 2.45) is 5.92 Å². The van der Waals surface area contributed by atoms with Crippen molar-refractivity contribution < 1.29 is 9.72 Å². The third-order valence-corrected chi connectivity index (χ3v) is 5.20. The van der Waals surface area contributed by atoms with Crippen LogP contribution in [0.25, 0.3) is 0 Å². The topological polar surface area (TPSA) is 93.3 Å². The predicted octanol–water partition coefficient (Wildman–Crippen LogP) is 3.39. The summed E-state index contributed by atoms with van der Waals surface area (Å²) in [6, 6.07) is 5.90. The van der Waals surface area contributed by atoms with Crippen LogP contribution in [0.3, 0.4) is 0 Å². The number of nitrogens with one attached hydrogen (secondary N) is 1. The number of carbonyl (C=O) groups excluding carboxylic acids is 1. The Morgan fingerprint density at radius 2 is 2.29 bits per heavy atom. The van der Waals surface area contributed by atoms with Crippen LogP contribution in [0.15, 0.2) is 30.6 Å². The predicted molar refractivity (Wildman–Crippen MR) is 107 cm³/mol. The summed E-state index contributed by atoms with van der Waals surface area (Å²) in [6.45, 7) is 4.96. The SMILES string of the molecule is CC1CCCN(c2ccc(CNC(=O)CCn3cc([N+](=O)[O-])cn3)cc2Cl)C1. The van der Waals surface area contributed by atoms with Crippen molar-refractivity contribution in [2.45, 2.75) is 39.3 Å². The first-order valence-corrected chi connectivity index (χ1v) is 9.77. The van der Waals surface area contributed by atoms with E-state index in [1.807, 2.05) is 18.2 Å². The molecule has 1 saturated heterocycles. The van der Waals surface area contributed by atoms with E-state index in [0.717, 1.165) is 24.3 Å². The molecule has 3 rings (SSSR count). The number of nitro groups is 1. The van der Waals surface area contributed by atoms with Gasteiger partial charge in [0, 0.05) is 32.6 Å². The molecule has 1 aromatic heterocycles. The molecule has 1 N–H and O–H groups in total. The van der Waals surface area contributed by atoms with Crippen molar-refractivity contribution in [1.29, 1.82) is 0 Å². The van der Waals surface area contributed by atoms with Gasteiger partial charge in [0.1, 0.15) is 12.4 Å². The second-order valence-electron chi connectivity index (χ2n) is 7.22. The Balaban J connectivity index is 1.49. The Bertz CT molecular complexity index is 854. The van der Waals surface area contributed by atoms with Crippen molar-refractivity contribution in [1.82, 2.24) is 15.1 Å². The average molecular weight is 406 g/mol. The number of aryl methyl sites for hydroxylation is 1. The zero-order valence-corrected chi connectivity index (χ0v) is 16.6. The number of rotatable bonds is 7. The van der Waals surface area contributed by atoms with Crippen LogP contribution in [-0.4, -0.2) is 33.7 Å². The van der Waals surface area contributed by atoms with Gasteiger partial charge in [-0.15, -0.1) is 0 Å². The molecule has 1 aliphatic rings. The molecule has 1 aromatic carbocycles. The molecule has 1 fully saturated rings. The van der Waals surface area contributed by atoms with Crippen LogP contribution >= 0.6 is 11.6 Å². The summed E-state index contributed by atoms with van der Waals surface area (Å²) in [5, 5.41) is 18.1. The third-order valence-electron chi connectivity index (χ3n) is 4.90. The van der Waals surface area contributed by atoms with Crippen LogP contribution in [0.4, 0.5) is 11.4 Å². The maximum atomic E-state index is 12.0. The van der Waals surface area contributed by atoms with E-state index in [9.17, 15) is 14.9 Å². The van der Waals surface area contributed by atoms with E-state index < -0.39 is 4.92 Å². The van der Waals surface area contributed by atoms with Gasteiger partial charge in [-0.1, -0.05) is 24.6 Å². The lowest BCUT2D eigenvalue weighted by Crippen LogP contribution is -2.34. The number of halogens is 1. The van der Waals surface area contributed by atoms with Crippen LogP contribution < -0.4 is 10.2 Å². The summed E-state index contributed by atoms with van der Waals surface area (Å²) in [6.07, 6.45) is 5.10. The maximum Gasteiger partial charge on any atom is 0.306 e. The number of aromatic nitrogens is 2. The minimum atomic E-state index is -0.512. The van der Waals surface area contributed by atoms with Crippen LogP contribution in [0.5, 0.6) is 0 Å². The van der Waals surface area contributed by atoms with E-state index in [1.54, 1.807) is 0 Å². The highest BCUT2D eigenvalue weighted by Crippen LogP contribution is 2.30. The van der Waals surface area contributed by atoms with Gasteiger partial charge < -0.3 is 10.2 Å². The fourth-order valence-corrected chi connectivity index (χ4v) is 3.72. The number of anilines is 1. The van der Waals surface area contributed by atoms with E-state index in [2.05, 4.69) is 22.2 Å². The molecule has 0 saturated carbocycles. The molecule has 8 nitrogen and oxygen atoms in total. The van der Waals surface area contributed by atoms with E-state index in [1.165, 1.54) is 29.9 Å². The molecule has 1 unspecified atom stereocenters. The number of nitrogens with zero attached hydrogens (tertiary/aromatic N) is 4. The second-order valence-corrected chi connectivity index (χ2v) is 7.63. The third kappa shape index (κ3) is 5.22. The molecule has 1 aliphatic heterocycles. The molecule has 1 atom stereocenters. The van der Waals surface area contributed by atoms with Crippen LogP contribution in [0, 0.1) is 16.0 Å². The van der Waals surface area contributed by atoms with Gasteiger partial charge in [0.05, 0.1) is 15.6 Å². The zero-order valence-electron chi connectivity index (χ0n) is 15.8. The van der Waals surface area contributed by atoms with Gasteiger partial charge >= 0.3 is 5.69 Å². The number of piperidine rings is 1. The van der Waals surface area contributed by atoms with Gasteiger partial charge in [-0.2, -0.15) is 5.10 Å². The summed E-state index contributed by atoms with van der Waals surface area (Å²) >= 11 is 6.47. The van der Waals surface area contributed by atoms with E-state index in [4.69, 9.17) is 11.6 Å². The second kappa shape index (κ2) is 9.05. The number of benzene rings is 1. The van der Waals surface area contributed by atoms with Gasteiger partial charge in [0.25, 0.3) is 0 Å². The van der Waals surface area contributed by atoms with E-state index in [-0.39, 0.29) is 24.6 Å². The van der Waals surface area contributed by atoms with Gasteiger partial charge in [0.2, 0.25) is 5.91 Å². The lowest BCUT2D eigenvalue weighted by molar-refractivity contribution is -0.385. The number of carbonyl (C=O) groups is 1. The minimum Gasteiger partial charge on any atom is -0.370 e. The quantitative estimate of drug-likeness (QED) is 0.563. The summed E-state index contributed by atoms with van der Waals surface area (Å²) < 4.78 is 1.39.